The van der Waals surface area contributed by atoms with E-state index in [4.69, 9.17) is 9.84 Å². The molecular formula is C11H7NO6. The van der Waals surface area contributed by atoms with Crippen LogP contribution in [0.1, 0.15) is 5.56 Å². The molecule has 2 rings (SSSR count). The van der Waals surface area contributed by atoms with Crippen LogP contribution < -0.4 is 0 Å². The molecule has 1 aliphatic rings. The van der Waals surface area contributed by atoms with Crippen molar-refractivity contribution < 1.29 is 24.4 Å². The summed E-state index contributed by atoms with van der Waals surface area (Å²) in [5.74, 6) is -2.22. The fraction of sp³-hybridized carbons (Fsp3) is 0.0909. The van der Waals surface area contributed by atoms with Gasteiger partial charge in [-0.05, 0) is 17.7 Å². The number of carboxylic acids is 1. The smallest absolute Gasteiger partial charge is 0.371 e. The first kappa shape index (κ1) is 11.8. The third-order valence-electron chi connectivity index (χ3n) is 2.41. The van der Waals surface area contributed by atoms with Gasteiger partial charge in [0, 0.05) is 12.1 Å². The number of carbonyl (C=O) groups is 2. The summed E-state index contributed by atoms with van der Waals surface area (Å²) in [6.07, 6.45) is 0. The Bertz CT molecular complexity index is 572. The number of ether oxygens (including phenoxy) is 1. The van der Waals surface area contributed by atoms with Crippen LogP contribution in [-0.2, 0) is 14.3 Å². The molecule has 0 fully saturated rings. The first-order valence-corrected chi connectivity index (χ1v) is 4.89. The average Bonchev–Trinajstić information content (AvgIpc) is 2.71. The van der Waals surface area contributed by atoms with E-state index in [9.17, 15) is 19.7 Å². The molecular weight excluding hydrogens is 242 g/mol. The number of benzene rings is 1. The molecule has 0 unspecified atom stereocenters. The lowest BCUT2D eigenvalue weighted by Crippen LogP contribution is -2.03. The molecule has 0 saturated carbocycles. The molecule has 1 aromatic rings. The number of nitro benzene ring substituents is 1. The lowest BCUT2D eigenvalue weighted by Gasteiger charge is -2.00. The van der Waals surface area contributed by atoms with Crippen LogP contribution in [0.15, 0.2) is 30.0 Å². The third kappa shape index (κ3) is 1.93. The summed E-state index contributed by atoms with van der Waals surface area (Å²) in [4.78, 5) is 32.3. The van der Waals surface area contributed by atoms with Crippen LogP contribution in [0.4, 0.5) is 5.69 Å². The number of non-ortho nitro benzene ring substituents is 1. The van der Waals surface area contributed by atoms with Gasteiger partial charge in [0.2, 0.25) is 11.5 Å². The van der Waals surface area contributed by atoms with E-state index in [0.717, 1.165) is 0 Å². The predicted molar refractivity (Wildman–Crippen MR) is 58.6 cm³/mol. The molecule has 0 aromatic heterocycles. The summed E-state index contributed by atoms with van der Waals surface area (Å²) >= 11 is 0. The summed E-state index contributed by atoms with van der Waals surface area (Å²) < 4.78 is 4.77. The highest BCUT2D eigenvalue weighted by atomic mass is 16.6. The molecule has 1 aromatic carbocycles. The second-order valence-electron chi connectivity index (χ2n) is 3.53. The zero-order valence-corrected chi connectivity index (χ0v) is 8.95. The molecule has 0 saturated heterocycles. The first-order chi connectivity index (χ1) is 8.50. The second-order valence-corrected chi connectivity index (χ2v) is 3.53. The molecule has 0 atom stereocenters. The predicted octanol–water partition coefficient (Wildman–Crippen LogP) is 0.990. The van der Waals surface area contributed by atoms with Gasteiger partial charge in [-0.1, -0.05) is 0 Å². The number of hydrogen-bond acceptors (Lipinski definition) is 5. The second kappa shape index (κ2) is 4.28. The Balaban J connectivity index is 2.47. The largest absolute Gasteiger partial charge is 0.478 e. The van der Waals surface area contributed by atoms with Gasteiger partial charge in [-0.2, -0.15) is 0 Å². The van der Waals surface area contributed by atoms with Crippen molar-refractivity contribution in [3.8, 4) is 0 Å². The summed E-state index contributed by atoms with van der Waals surface area (Å²) in [6, 6.07) is 5.05. The molecule has 0 aliphatic carbocycles. The van der Waals surface area contributed by atoms with E-state index in [2.05, 4.69) is 0 Å². The number of nitrogens with zero attached hydrogens (tertiary/aromatic N) is 1. The molecule has 7 nitrogen and oxygen atoms in total. The van der Waals surface area contributed by atoms with E-state index in [1.165, 1.54) is 24.3 Å². The molecule has 0 spiro atoms. The highest BCUT2D eigenvalue weighted by Crippen LogP contribution is 2.27. The van der Waals surface area contributed by atoms with E-state index in [1.54, 1.807) is 0 Å². The molecule has 7 heteroatoms. The Kier molecular flexibility index (Phi) is 2.80. The Hall–Kier alpha value is -2.70. The number of ketones is 1. The molecule has 0 bridgehead atoms. The minimum atomic E-state index is -1.34. The fourth-order valence-electron chi connectivity index (χ4n) is 1.62. The number of aliphatic carboxylic acids is 1. The highest BCUT2D eigenvalue weighted by Gasteiger charge is 2.30. The van der Waals surface area contributed by atoms with Crippen molar-refractivity contribution in [3.05, 3.63) is 45.7 Å². The van der Waals surface area contributed by atoms with Crippen molar-refractivity contribution in [2.75, 3.05) is 6.61 Å². The quantitative estimate of drug-likeness (QED) is 0.632. The number of carboxylic acid groups (broad SMARTS) is 1. The first-order valence-electron chi connectivity index (χ1n) is 4.89. The summed E-state index contributed by atoms with van der Waals surface area (Å²) in [5.41, 5.74) is 0.0977. The SMILES string of the molecule is O=C(O)C1=C(c2ccc([N+](=O)[O-])cc2)C(=O)CO1. The maximum Gasteiger partial charge on any atom is 0.371 e. The molecule has 0 radical (unpaired) electrons. The third-order valence-corrected chi connectivity index (χ3v) is 2.41. The zero-order chi connectivity index (χ0) is 13.3. The molecule has 92 valence electrons. The van der Waals surface area contributed by atoms with Crippen molar-refractivity contribution >= 4 is 23.0 Å². The minimum Gasteiger partial charge on any atom is -0.478 e. The highest BCUT2D eigenvalue weighted by molar-refractivity contribution is 6.27. The van der Waals surface area contributed by atoms with Crippen molar-refractivity contribution in [2.24, 2.45) is 0 Å². The van der Waals surface area contributed by atoms with Crippen LogP contribution >= 0.6 is 0 Å². The minimum absolute atomic E-state index is 0.0580. The Morgan fingerprint density at radius 3 is 2.44 bits per heavy atom. The van der Waals surface area contributed by atoms with Crippen molar-refractivity contribution in [1.82, 2.24) is 0 Å². The van der Waals surface area contributed by atoms with Crippen LogP contribution in [-0.4, -0.2) is 28.4 Å². The molecule has 0 amide bonds. The maximum absolute atomic E-state index is 11.5. The number of Topliss-reactive ketones (excluding diaryl/α,β-unsaturated/α-hetero) is 1. The monoisotopic (exact) mass is 249 g/mol. The van der Waals surface area contributed by atoms with Gasteiger partial charge in [-0.15, -0.1) is 0 Å². The Morgan fingerprint density at radius 2 is 1.94 bits per heavy atom. The van der Waals surface area contributed by atoms with E-state index in [-0.39, 0.29) is 17.9 Å². The Morgan fingerprint density at radius 1 is 1.33 bits per heavy atom. The van der Waals surface area contributed by atoms with Crippen LogP contribution in [0.5, 0.6) is 0 Å². The summed E-state index contributed by atoms with van der Waals surface area (Å²) in [7, 11) is 0. The lowest BCUT2D eigenvalue weighted by molar-refractivity contribution is -0.384. The zero-order valence-electron chi connectivity index (χ0n) is 8.95. The van der Waals surface area contributed by atoms with Gasteiger partial charge in [-0.3, -0.25) is 14.9 Å². The van der Waals surface area contributed by atoms with E-state index in [0.29, 0.717) is 5.56 Å². The van der Waals surface area contributed by atoms with E-state index >= 15 is 0 Å². The van der Waals surface area contributed by atoms with E-state index < -0.39 is 22.4 Å². The number of carbonyl (C=O) groups excluding carboxylic acids is 1. The van der Waals surface area contributed by atoms with Crippen LogP contribution in [0.2, 0.25) is 0 Å². The van der Waals surface area contributed by atoms with Crippen LogP contribution in [0, 0.1) is 10.1 Å². The summed E-state index contributed by atoms with van der Waals surface area (Å²) in [5, 5.41) is 19.3. The normalized spacial score (nSPS) is 14.6. The van der Waals surface area contributed by atoms with Gasteiger partial charge in [0.1, 0.15) is 0 Å². The van der Waals surface area contributed by atoms with Gasteiger partial charge in [0.25, 0.3) is 5.69 Å². The van der Waals surface area contributed by atoms with Gasteiger partial charge >= 0.3 is 5.97 Å². The van der Waals surface area contributed by atoms with Gasteiger partial charge in [0.05, 0.1) is 10.5 Å². The fourth-order valence-corrected chi connectivity index (χ4v) is 1.62. The number of nitro groups is 1. The molecule has 1 aliphatic heterocycles. The van der Waals surface area contributed by atoms with Crippen LogP contribution in [0.3, 0.4) is 0 Å². The summed E-state index contributed by atoms with van der Waals surface area (Å²) in [6.45, 7) is -0.325. The average molecular weight is 249 g/mol. The Labute approximate surface area is 100 Å². The van der Waals surface area contributed by atoms with Gasteiger partial charge in [-0.25, -0.2) is 4.79 Å². The van der Waals surface area contributed by atoms with Crippen molar-refractivity contribution in [1.29, 1.82) is 0 Å². The lowest BCUT2D eigenvalue weighted by atomic mass is 10.0. The standard InChI is InChI=1S/C11H7NO6/c13-8-5-18-10(11(14)15)9(8)6-1-3-7(4-2-6)12(16)17/h1-4H,5H2,(H,14,15). The molecule has 1 heterocycles. The maximum atomic E-state index is 11.5. The van der Waals surface area contributed by atoms with Gasteiger partial charge in [0.15, 0.2) is 6.61 Å². The topological polar surface area (TPSA) is 107 Å². The molecule has 18 heavy (non-hydrogen) atoms. The number of hydrogen-bond donors (Lipinski definition) is 1. The van der Waals surface area contributed by atoms with E-state index in [1.807, 2.05) is 0 Å². The van der Waals surface area contributed by atoms with Gasteiger partial charge < -0.3 is 9.84 Å². The van der Waals surface area contributed by atoms with Crippen molar-refractivity contribution in [3.63, 3.8) is 0 Å². The number of rotatable bonds is 3. The van der Waals surface area contributed by atoms with Crippen molar-refractivity contribution in [2.45, 2.75) is 0 Å². The molecule has 1 N–H and O–H groups in total. The van der Waals surface area contributed by atoms with Crippen LogP contribution in [0.25, 0.3) is 5.57 Å².